The van der Waals surface area contributed by atoms with Gasteiger partial charge < -0.3 is 15.3 Å². The van der Waals surface area contributed by atoms with Gasteiger partial charge in [0.2, 0.25) is 0 Å². The van der Waals surface area contributed by atoms with Crippen LogP contribution in [0.5, 0.6) is 0 Å². The van der Waals surface area contributed by atoms with Crippen LogP contribution in [0.3, 0.4) is 0 Å². The number of aromatic nitrogens is 2. The van der Waals surface area contributed by atoms with Crippen LogP contribution < -0.4 is 0 Å². The number of hydrogen-bond acceptors (Lipinski definition) is 4. The molecule has 82 valence electrons. The second kappa shape index (κ2) is 11.4. The minimum Gasteiger partial charge on any atom is -0.393 e. The van der Waals surface area contributed by atoms with Crippen LogP contribution in [0.2, 0.25) is 0 Å². The SMILES string of the molecule is CCC(C)O.O=[N+]([O-])O.c1c[nH]cn1. The van der Waals surface area contributed by atoms with E-state index < -0.39 is 5.09 Å². The van der Waals surface area contributed by atoms with E-state index in [1.165, 1.54) is 0 Å². The molecule has 7 heteroatoms. The third-order valence-corrected chi connectivity index (χ3v) is 0.997. The fraction of sp³-hybridized carbons (Fsp3) is 0.571. The van der Waals surface area contributed by atoms with Crippen LogP contribution in [0.1, 0.15) is 20.3 Å². The number of hydrogen-bond donors (Lipinski definition) is 3. The van der Waals surface area contributed by atoms with Gasteiger partial charge in [0, 0.05) is 12.4 Å². The highest BCUT2D eigenvalue weighted by atomic mass is 16.9. The van der Waals surface area contributed by atoms with E-state index in [2.05, 4.69) is 9.97 Å². The largest absolute Gasteiger partial charge is 0.393 e. The van der Waals surface area contributed by atoms with Crippen LogP contribution >= 0.6 is 0 Å². The Hall–Kier alpha value is -1.63. The molecule has 7 nitrogen and oxygen atoms in total. The van der Waals surface area contributed by atoms with Crippen LogP contribution in [-0.4, -0.2) is 31.5 Å². The maximum absolute atomic E-state index is 8.36. The molecule has 0 fully saturated rings. The fourth-order valence-corrected chi connectivity index (χ4v) is 0.215. The summed E-state index contributed by atoms with van der Waals surface area (Å²) < 4.78 is 0. The lowest BCUT2D eigenvalue weighted by molar-refractivity contribution is -0.742. The zero-order chi connectivity index (χ0) is 11.4. The molecule has 1 atom stereocenters. The van der Waals surface area contributed by atoms with Gasteiger partial charge in [-0.05, 0) is 13.3 Å². The Balaban J connectivity index is 0. The minimum atomic E-state index is -1.50. The predicted octanol–water partition coefficient (Wildman–Crippen LogP) is 0.839. The van der Waals surface area contributed by atoms with Crippen LogP contribution in [0.15, 0.2) is 18.7 Å². The summed E-state index contributed by atoms with van der Waals surface area (Å²) in [6.07, 6.45) is 5.83. The molecule has 0 amide bonds. The Morgan fingerprint density at radius 3 is 2.21 bits per heavy atom. The molecule has 0 saturated heterocycles. The zero-order valence-corrected chi connectivity index (χ0v) is 8.12. The quantitative estimate of drug-likeness (QED) is 0.464. The van der Waals surface area contributed by atoms with E-state index >= 15 is 0 Å². The summed E-state index contributed by atoms with van der Waals surface area (Å²) in [5, 5.41) is 22.0. The lowest BCUT2D eigenvalue weighted by Crippen LogP contribution is -1.93. The number of aliphatic hydroxyl groups is 1. The van der Waals surface area contributed by atoms with Gasteiger partial charge in [0.15, 0.2) is 0 Å². The van der Waals surface area contributed by atoms with Crippen molar-refractivity contribution in [1.82, 2.24) is 9.97 Å². The molecule has 1 unspecified atom stereocenters. The molecule has 14 heavy (non-hydrogen) atoms. The second-order valence-corrected chi connectivity index (χ2v) is 2.26. The standard InChI is InChI=1S/C4H10O.C3H4N2.HNO3/c1-3-4(2)5;1-2-5-3-4-1;2-1(3)4/h4-5H,3H2,1-2H3;1-3H,(H,4,5);(H,2,3,4). The molecule has 0 saturated carbocycles. The van der Waals surface area contributed by atoms with E-state index in [0.29, 0.717) is 0 Å². The van der Waals surface area contributed by atoms with E-state index in [1.54, 1.807) is 25.6 Å². The van der Waals surface area contributed by atoms with Crippen molar-refractivity contribution in [2.45, 2.75) is 26.4 Å². The summed E-state index contributed by atoms with van der Waals surface area (Å²) in [4.78, 5) is 14.8. The Morgan fingerprint density at radius 2 is 2.14 bits per heavy atom. The van der Waals surface area contributed by atoms with Crippen molar-refractivity contribution in [3.05, 3.63) is 28.8 Å². The highest BCUT2D eigenvalue weighted by Gasteiger charge is 1.81. The van der Waals surface area contributed by atoms with Gasteiger partial charge in [0.1, 0.15) is 0 Å². The summed E-state index contributed by atoms with van der Waals surface area (Å²) in [6.45, 7) is 3.73. The molecule has 0 spiro atoms. The molecule has 0 bridgehead atoms. The van der Waals surface area contributed by atoms with E-state index in [-0.39, 0.29) is 6.10 Å². The fourth-order valence-electron chi connectivity index (χ4n) is 0.215. The number of aliphatic hydroxyl groups excluding tert-OH is 1. The normalized spacial score (nSPS) is 9.93. The van der Waals surface area contributed by atoms with Crippen LogP contribution in [0.4, 0.5) is 0 Å². The first-order valence-corrected chi connectivity index (χ1v) is 3.94. The van der Waals surface area contributed by atoms with Crippen molar-refractivity contribution in [3.8, 4) is 0 Å². The number of imidazole rings is 1. The average molecular weight is 205 g/mol. The molecule has 1 aromatic rings. The number of rotatable bonds is 1. The maximum atomic E-state index is 8.36. The van der Waals surface area contributed by atoms with Crippen LogP contribution in [0.25, 0.3) is 0 Å². The van der Waals surface area contributed by atoms with Crippen molar-refractivity contribution in [2.75, 3.05) is 0 Å². The Kier molecular flexibility index (Phi) is 12.1. The molecular weight excluding hydrogens is 190 g/mol. The number of nitrogens with one attached hydrogen (secondary N) is 1. The highest BCUT2D eigenvalue weighted by molar-refractivity contribution is 4.64. The maximum Gasteiger partial charge on any atom is 0.291 e. The van der Waals surface area contributed by atoms with E-state index in [0.717, 1.165) is 6.42 Å². The molecule has 0 aliphatic carbocycles. The van der Waals surface area contributed by atoms with Crippen molar-refractivity contribution in [1.29, 1.82) is 0 Å². The lowest BCUT2D eigenvalue weighted by atomic mass is 10.3. The van der Waals surface area contributed by atoms with E-state index in [9.17, 15) is 0 Å². The third-order valence-electron chi connectivity index (χ3n) is 0.997. The number of nitrogens with zero attached hydrogens (tertiary/aromatic N) is 2. The second-order valence-electron chi connectivity index (χ2n) is 2.26. The van der Waals surface area contributed by atoms with Gasteiger partial charge in [-0.3, -0.25) is 0 Å². The monoisotopic (exact) mass is 205 g/mol. The van der Waals surface area contributed by atoms with Crippen LogP contribution in [-0.2, 0) is 0 Å². The molecule has 1 rings (SSSR count). The smallest absolute Gasteiger partial charge is 0.291 e. The lowest BCUT2D eigenvalue weighted by Gasteiger charge is -1.90. The van der Waals surface area contributed by atoms with Gasteiger partial charge in [-0.25, -0.2) is 4.98 Å². The van der Waals surface area contributed by atoms with Gasteiger partial charge in [-0.2, -0.15) is 0 Å². The first-order chi connectivity index (χ1) is 6.50. The predicted molar refractivity (Wildman–Crippen MR) is 49.3 cm³/mol. The van der Waals surface area contributed by atoms with Gasteiger partial charge in [-0.15, -0.1) is 10.1 Å². The highest BCUT2D eigenvalue weighted by Crippen LogP contribution is 1.81. The summed E-state index contributed by atoms with van der Waals surface area (Å²) in [6, 6.07) is 0. The molecule has 1 heterocycles. The molecule has 0 aliphatic rings. The minimum absolute atomic E-state index is 0.116. The number of H-pyrrole nitrogens is 1. The summed E-state index contributed by atoms with van der Waals surface area (Å²) in [5.74, 6) is 0. The Morgan fingerprint density at radius 1 is 1.71 bits per heavy atom. The van der Waals surface area contributed by atoms with E-state index in [4.69, 9.17) is 20.4 Å². The molecule has 3 N–H and O–H groups in total. The third kappa shape index (κ3) is 31.6. The van der Waals surface area contributed by atoms with Gasteiger partial charge in [0.25, 0.3) is 5.09 Å². The van der Waals surface area contributed by atoms with Gasteiger partial charge in [-0.1, -0.05) is 6.92 Å². The zero-order valence-electron chi connectivity index (χ0n) is 8.12. The molecule has 1 aromatic heterocycles. The molecule has 0 radical (unpaired) electrons. The van der Waals surface area contributed by atoms with Crippen LogP contribution in [0, 0.1) is 10.1 Å². The first kappa shape index (κ1) is 14.9. The van der Waals surface area contributed by atoms with Crippen molar-refractivity contribution < 1.29 is 15.4 Å². The van der Waals surface area contributed by atoms with Crippen molar-refractivity contribution >= 4 is 0 Å². The average Bonchev–Trinajstić information content (AvgIpc) is 2.59. The first-order valence-electron chi connectivity index (χ1n) is 3.94. The molecule has 0 aliphatic heterocycles. The van der Waals surface area contributed by atoms with Crippen molar-refractivity contribution in [3.63, 3.8) is 0 Å². The number of aromatic amines is 1. The van der Waals surface area contributed by atoms with E-state index in [1.807, 2.05) is 6.92 Å². The topological polar surface area (TPSA) is 112 Å². The summed E-state index contributed by atoms with van der Waals surface area (Å²) in [5.41, 5.74) is 0. The van der Waals surface area contributed by atoms with Crippen molar-refractivity contribution in [2.24, 2.45) is 0 Å². The van der Waals surface area contributed by atoms with Gasteiger partial charge in [0.05, 0.1) is 12.4 Å². The molecular formula is C7H15N3O4. The Bertz CT molecular complexity index is 179. The summed E-state index contributed by atoms with van der Waals surface area (Å²) in [7, 11) is 0. The van der Waals surface area contributed by atoms with Gasteiger partial charge >= 0.3 is 0 Å². The Labute approximate surface area is 81.5 Å². The summed E-state index contributed by atoms with van der Waals surface area (Å²) >= 11 is 0. The molecule has 0 aromatic carbocycles.